The highest BCUT2D eigenvalue weighted by Gasteiger charge is 2.62. The third-order valence-electron chi connectivity index (χ3n) is 11.8. The van der Waals surface area contributed by atoms with Crippen LogP contribution in [0.15, 0.2) is 30.4 Å². The lowest BCUT2D eigenvalue weighted by Crippen LogP contribution is -2.58. The Kier molecular flexibility index (Phi) is 13.6. The molecule has 0 unspecified atom stereocenters. The smallest absolute Gasteiger partial charge is 0.410 e. The fourth-order valence-electron chi connectivity index (χ4n) is 8.23. The number of hydrogen-bond donors (Lipinski definition) is 3. The SMILES string of the molecule is CC(C)(C)OC(=O)N[C@H]1CCCCC/C=C/[C@@H]2C[C@@]2(C(=O)NS(=O)(=O)C2CC2)NC(=O)[C@@H]2C[C@@H](OC(=O)N3Cc4ccc(OCCOC(=O)N5CCOCC5)cc4C3)CN2C1=O. The zero-order valence-corrected chi connectivity index (χ0v) is 36.4. The second-order valence-corrected chi connectivity index (χ2v) is 19.8. The minimum atomic E-state index is -3.94. The van der Waals surface area contributed by atoms with Crippen LogP contribution in [0.2, 0.25) is 0 Å². The first kappa shape index (κ1) is 44.9. The van der Waals surface area contributed by atoms with Crippen LogP contribution >= 0.6 is 0 Å². The van der Waals surface area contributed by atoms with Gasteiger partial charge in [0.1, 0.15) is 48.3 Å². The molecule has 62 heavy (non-hydrogen) atoms. The van der Waals surface area contributed by atoms with Gasteiger partial charge in [0, 0.05) is 38.5 Å². The number of nitrogens with zero attached hydrogens (tertiary/aromatic N) is 3. The number of morpholine rings is 1. The number of fused-ring (bicyclic) bond motifs is 3. The van der Waals surface area contributed by atoms with E-state index in [1.165, 1.54) is 9.80 Å². The van der Waals surface area contributed by atoms with Gasteiger partial charge in [-0.05, 0) is 82.6 Å². The van der Waals surface area contributed by atoms with Gasteiger partial charge in [0.15, 0.2) is 0 Å². The highest BCUT2D eigenvalue weighted by atomic mass is 32.2. The third-order valence-corrected chi connectivity index (χ3v) is 13.6. The summed E-state index contributed by atoms with van der Waals surface area (Å²) >= 11 is 0. The second kappa shape index (κ2) is 18.7. The fraction of sp³-hybridized carbons (Fsp3) is 0.667. The Balaban J connectivity index is 1.03. The van der Waals surface area contributed by atoms with Crippen LogP contribution in [0.25, 0.3) is 0 Å². The highest BCUT2D eigenvalue weighted by Crippen LogP contribution is 2.46. The number of hydrogen-bond acceptors (Lipinski definition) is 13. The number of sulfonamides is 1. The molecule has 0 spiro atoms. The minimum absolute atomic E-state index is 0.0532. The van der Waals surface area contributed by atoms with E-state index in [9.17, 15) is 37.2 Å². The Morgan fingerprint density at radius 3 is 2.45 bits per heavy atom. The zero-order chi connectivity index (χ0) is 44.2. The average Bonchev–Trinajstić information content (AvgIpc) is 4.11. The molecule has 0 radical (unpaired) electrons. The van der Waals surface area contributed by atoms with Gasteiger partial charge >= 0.3 is 18.3 Å². The van der Waals surface area contributed by atoms with Gasteiger partial charge in [0.2, 0.25) is 21.8 Å². The van der Waals surface area contributed by atoms with E-state index in [-0.39, 0.29) is 52.1 Å². The Bertz CT molecular complexity index is 2030. The van der Waals surface area contributed by atoms with Crippen molar-refractivity contribution in [1.82, 2.24) is 30.1 Å². The van der Waals surface area contributed by atoms with Gasteiger partial charge in [0.25, 0.3) is 5.91 Å². The Hall–Kier alpha value is -5.11. The van der Waals surface area contributed by atoms with Crippen LogP contribution in [-0.4, -0.2) is 140 Å². The van der Waals surface area contributed by atoms with Gasteiger partial charge in [-0.2, -0.15) is 0 Å². The molecular weight excluding hydrogens is 829 g/mol. The maximum atomic E-state index is 14.5. The molecule has 4 heterocycles. The van der Waals surface area contributed by atoms with Crippen LogP contribution in [0.5, 0.6) is 5.75 Å². The normalized spacial score (nSPS) is 27.2. The number of ether oxygens (including phenoxy) is 5. The summed E-state index contributed by atoms with van der Waals surface area (Å²) < 4.78 is 55.8. The number of nitrogens with one attached hydrogen (secondary N) is 3. The van der Waals surface area contributed by atoms with Gasteiger partial charge in [-0.15, -0.1) is 0 Å². The van der Waals surface area contributed by atoms with E-state index in [2.05, 4.69) is 15.4 Å². The average molecular weight is 887 g/mol. The van der Waals surface area contributed by atoms with Crippen LogP contribution in [0.4, 0.5) is 14.4 Å². The monoisotopic (exact) mass is 886 g/mol. The first-order valence-electron chi connectivity index (χ1n) is 21.6. The molecule has 1 aromatic rings. The number of rotatable bonds is 9. The molecule has 2 saturated carbocycles. The van der Waals surface area contributed by atoms with E-state index in [1.807, 2.05) is 24.3 Å². The van der Waals surface area contributed by atoms with E-state index in [4.69, 9.17) is 23.7 Å². The van der Waals surface area contributed by atoms with Crippen LogP contribution in [0, 0.1) is 5.92 Å². The van der Waals surface area contributed by atoms with E-state index in [1.54, 1.807) is 31.7 Å². The molecule has 19 nitrogen and oxygen atoms in total. The molecule has 2 aliphatic carbocycles. The largest absolute Gasteiger partial charge is 0.490 e. The summed E-state index contributed by atoms with van der Waals surface area (Å²) in [6.07, 6.45) is 4.79. The summed E-state index contributed by atoms with van der Waals surface area (Å²) in [6.45, 7) is 7.43. The summed E-state index contributed by atoms with van der Waals surface area (Å²) in [5.41, 5.74) is -0.709. The van der Waals surface area contributed by atoms with Crippen molar-refractivity contribution in [1.29, 1.82) is 0 Å². The summed E-state index contributed by atoms with van der Waals surface area (Å²) in [4.78, 5) is 85.9. The van der Waals surface area contributed by atoms with Crippen LogP contribution in [0.3, 0.4) is 0 Å². The molecule has 7 rings (SSSR count). The van der Waals surface area contributed by atoms with Gasteiger partial charge in [-0.1, -0.05) is 31.1 Å². The van der Waals surface area contributed by atoms with Crippen molar-refractivity contribution in [3.63, 3.8) is 0 Å². The molecule has 2 saturated heterocycles. The standard InChI is InChI=1S/C42H58N6O13S/c1-41(2,3)61-38(52)43-33-10-8-6-4-5-7-9-29-23-42(29,37(51)45-62(55,56)32-13-14-32)44-35(49)34-22-31(26-48(34)36(33)50)60-40(54)47-24-27-11-12-30(21-28(27)25-47)58-19-20-59-39(53)46-15-17-57-18-16-46/h7,9,11-12,21,29,31-34H,4-6,8,10,13-20,22-26H2,1-3H3,(H,43,52)(H,44,49)(H,45,51)/b9-7+/t29-,31-,33+,34+,42-/m1/s1. The van der Waals surface area contributed by atoms with Crippen LogP contribution in [0.1, 0.15) is 89.7 Å². The molecule has 6 amide bonds. The predicted octanol–water partition coefficient (Wildman–Crippen LogP) is 2.85. The maximum Gasteiger partial charge on any atom is 0.410 e. The van der Waals surface area contributed by atoms with Crippen molar-refractivity contribution in [2.24, 2.45) is 5.92 Å². The minimum Gasteiger partial charge on any atom is -0.490 e. The molecule has 3 N–H and O–H groups in total. The summed E-state index contributed by atoms with van der Waals surface area (Å²) in [5.74, 6) is -2.08. The molecule has 5 atom stereocenters. The molecule has 4 fully saturated rings. The molecule has 340 valence electrons. The number of benzene rings is 1. The lowest BCUT2D eigenvalue weighted by molar-refractivity contribution is -0.141. The molecular formula is C42H58N6O13S. The van der Waals surface area contributed by atoms with E-state index in [0.717, 1.165) is 24.0 Å². The first-order chi connectivity index (χ1) is 29.5. The zero-order valence-electron chi connectivity index (χ0n) is 35.6. The number of carbonyl (C=O) groups is 6. The topological polar surface area (TPSA) is 229 Å². The van der Waals surface area contributed by atoms with Crippen molar-refractivity contribution >= 4 is 46.0 Å². The molecule has 1 aromatic carbocycles. The van der Waals surface area contributed by atoms with Gasteiger partial charge in [-0.25, -0.2) is 22.8 Å². The Morgan fingerprint density at radius 2 is 1.71 bits per heavy atom. The van der Waals surface area contributed by atoms with Crippen LogP contribution in [-0.2, 0) is 56.4 Å². The molecule has 6 aliphatic rings. The van der Waals surface area contributed by atoms with Crippen molar-refractivity contribution in [2.75, 3.05) is 46.1 Å². The predicted molar refractivity (Wildman–Crippen MR) is 220 cm³/mol. The Morgan fingerprint density at radius 1 is 0.952 bits per heavy atom. The number of alkyl carbamates (subject to hydrolysis) is 1. The van der Waals surface area contributed by atoms with Gasteiger partial charge < -0.3 is 44.1 Å². The van der Waals surface area contributed by atoms with Gasteiger partial charge in [-0.3, -0.25) is 24.0 Å². The van der Waals surface area contributed by atoms with E-state index >= 15 is 0 Å². The van der Waals surface area contributed by atoms with Crippen molar-refractivity contribution in [3.05, 3.63) is 41.5 Å². The van der Waals surface area contributed by atoms with Crippen molar-refractivity contribution < 1.29 is 60.9 Å². The first-order valence-corrected chi connectivity index (χ1v) is 23.1. The lowest BCUT2D eigenvalue weighted by atomic mass is 10.0. The van der Waals surface area contributed by atoms with Crippen molar-refractivity contribution in [3.8, 4) is 5.75 Å². The molecule has 0 bridgehead atoms. The summed E-state index contributed by atoms with van der Waals surface area (Å²) in [5, 5.41) is 4.85. The van der Waals surface area contributed by atoms with Crippen molar-refractivity contribution in [2.45, 2.75) is 126 Å². The quantitative estimate of drug-likeness (QED) is 0.184. The third kappa shape index (κ3) is 11.1. The number of carbonyl (C=O) groups excluding carboxylic acids is 6. The molecule has 4 aliphatic heterocycles. The van der Waals surface area contributed by atoms with Crippen LogP contribution < -0.4 is 20.1 Å². The summed E-state index contributed by atoms with van der Waals surface area (Å²) in [7, 11) is -3.94. The van der Waals surface area contributed by atoms with Gasteiger partial charge in [0.05, 0.1) is 25.0 Å². The number of allylic oxidation sites excluding steroid dienone is 1. The molecule has 20 heteroatoms. The lowest BCUT2D eigenvalue weighted by Gasteiger charge is -2.30. The second-order valence-electron chi connectivity index (χ2n) is 17.8. The Labute approximate surface area is 361 Å². The maximum absolute atomic E-state index is 14.5. The highest BCUT2D eigenvalue weighted by molar-refractivity contribution is 7.91. The van der Waals surface area contributed by atoms with E-state index < -0.39 is 86.5 Å². The summed E-state index contributed by atoms with van der Waals surface area (Å²) in [6, 6.07) is 3.10. The fourth-order valence-corrected chi connectivity index (χ4v) is 9.59. The molecule has 0 aromatic heterocycles. The number of amides is 6. The van der Waals surface area contributed by atoms with E-state index in [0.29, 0.717) is 57.7 Å².